The average molecular weight is 371 g/mol. The Labute approximate surface area is 150 Å². The molecule has 4 rings (SSSR count). The topological polar surface area (TPSA) is 66.2 Å². The van der Waals surface area contributed by atoms with Crippen LogP contribution in [0.2, 0.25) is 0 Å². The highest BCUT2D eigenvalue weighted by Gasteiger charge is 2.18. The first-order valence-corrected chi connectivity index (χ1v) is 7.98. The van der Waals surface area contributed by atoms with Gasteiger partial charge in [-0.3, -0.25) is 4.79 Å². The Morgan fingerprint density at radius 3 is 2.37 bits per heavy atom. The smallest absolute Gasteiger partial charge is 0.287 e. The van der Waals surface area contributed by atoms with Crippen LogP contribution in [-0.4, -0.2) is 10.3 Å². The number of para-hydroxylation sites is 1. The lowest BCUT2D eigenvalue weighted by atomic mass is 9.97. The van der Waals surface area contributed by atoms with E-state index in [2.05, 4.69) is 5.16 Å². The van der Waals surface area contributed by atoms with Crippen molar-refractivity contribution in [2.45, 2.75) is 6.10 Å². The van der Waals surface area contributed by atoms with Gasteiger partial charge in [0.1, 0.15) is 11.9 Å². The van der Waals surface area contributed by atoms with E-state index < -0.39 is 29.1 Å². The van der Waals surface area contributed by atoms with Crippen LogP contribution in [0, 0.1) is 17.5 Å². The van der Waals surface area contributed by atoms with Crippen molar-refractivity contribution in [3.05, 3.63) is 93.5 Å². The van der Waals surface area contributed by atoms with Crippen LogP contribution >= 0.6 is 0 Å². The van der Waals surface area contributed by atoms with Gasteiger partial charge in [0.15, 0.2) is 17.2 Å². The van der Waals surface area contributed by atoms with Crippen LogP contribution in [-0.2, 0) is 0 Å². The SMILES string of the molecule is O=c1[nH]oc2c(C(O)c3ccc(-c4cc(F)c(F)cc4F)cc3)cccc12. The van der Waals surface area contributed by atoms with E-state index >= 15 is 0 Å². The van der Waals surface area contributed by atoms with Gasteiger partial charge in [0.05, 0.1) is 5.39 Å². The molecule has 1 unspecified atom stereocenters. The Morgan fingerprint density at radius 1 is 0.926 bits per heavy atom. The number of hydrogen-bond donors (Lipinski definition) is 2. The zero-order valence-electron chi connectivity index (χ0n) is 13.7. The van der Waals surface area contributed by atoms with Gasteiger partial charge in [-0.05, 0) is 23.3 Å². The summed E-state index contributed by atoms with van der Waals surface area (Å²) in [4.78, 5) is 11.7. The molecule has 7 heteroatoms. The fraction of sp³-hybridized carbons (Fsp3) is 0.0500. The predicted molar refractivity (Wildman–Crippen MR) is 92.6 cm³/mol. The van der Waals surface area contributed by atoms with Crippen molar-refractivity contribution in [3.8, 4) is 11.1 Å². The van der Waals surface area contributed by atoms with Gasteiger partial charge in [-0.1, -0.05) is 36.4 Å². The van der Waals surface area contributed by atoms with Gasteiger partial charge in [0, 0.05) is 17.2 Å². The van der Waals surface area contributed by atoms with Crippen LogP contribution in [0.4, 0.5) is 13.2 Å². The molecule has 0 saturated heterocycles. The number of aromatic amines is 1. The third-order valence-corrected chi connectivity index (χ3v) is 4.38. The molecule has 0 amide bonds. The van der Waals surface area contributed by atoms with Gasteiger partial charge < -0.3 is 9.63 Å². The third kappa shape index (κ3) is 2.92. The van der Waals surface area contributed by atoms with Crippen LogP contribution < -0.4 is 5.56 Å². The maximum Gasteiger partial charge on any atom is 0.287 e. The van der Waals surface area contributed by atoms with E-state index in [1.807, 2.05) is 0 Å². The van der Waals surface area contributed by atoms with Crippen molar-refractivity contribution in [2.75, 3.05) is 0 Å². The molecule has 0 fully saturated rings. The summed E-state index contributed by atoms with van der Waals surface area (Å²) < 4.78 is 45.5. The summed E-state index contributed by atoms with van der Waals surface area (Å²) in [5, 5.41) is 13.2. The van der Waals surface area contributed by atoms with Crippen LogP contribution in [0.3, 0.4) is 0 Å². The summed E-state index contributed by atoms with van der Waals surface area (Å²) >= 11 is 0. The molecule has 27 heavy (non-hydrogen) atoms. The molecular formula is C20H12F3NO3. The Bertz CT molecular complexity index is 1200. The van der Waals surface area contributed by atoms with Crippen molar-refractivity contribution in [2.24, 2.45) is 0 Å². The lowest BCUT2D eigenvalue weighted by molar-refractivity contribution is 0.219. The molecule has 0 spiro atoms. The van der Waals surface area contributed by atoms with Crippen molar-refractivity contribution in [1.29, 1.82) is 0 Å². The van der Waals surface area contributed by atoms with E-state index in [4.69, 9.17) is 4.52 Å². The standard InChI is InChI=1S/C20H12F3NO3/c21-15-9-17(23)16(22)8-14(15)10-4-6-11(7-5-10)18(25)12-2-1-3-13-19(12)27-24-20(13)26/h1-9,18,25H,(H,24,26). The molecule has 0 aliphatic rings. The zero-order valence-corrected chi connectivity index (χ0v) is 13.7. The summed E-state index contributed by atoms with van der Waals surface area (Å²) in [5.74, 6) is -3.30. The van der Waals surface area contributed by atoms with Crippen molar-refractivity contribution in [3.63, 3.8) is 0 Å². The first kappa shape index (κ1) is 17.1. The van der Waals surface area contributed by atoms with Gasteiger partial charge >= 0.3 is 0 Å². The van der Waals surface area contributed by atoms with Gasteiger partial charge in [0.2, 0.25) is 0 Å². The van der Waals surface area contributed by atoms with E-state index in [1.165, 1.54) is 24.3 Å². The first-order valence-electron chi connectivity index (χ1n) is 7.98. The summed E-state index contributed by atoms with van der Waals surface area (Å²) in [6.45, 7) is 0. The molecule has 0 radical (unpaired) electrons. The fourth-order valence-corrected chi connectivity index (χ4v) is 2.98. The fourth-order valence-electron chi connectivity index (χ4n) is 2.98. The van der Waals surface area contributed by atoms with E-state index in [0.717, 1.165) is 6.07 Å². The quantitative estimate of drug-likeness (QED) is 0.528. The summed E-state index contributed by atoms with van der Waals surface area (Å²) in [6, 6.07) is 12.1. The summed E-state index contributed by atoms with van der Waals surface area (Å²) in [7, 11) is 0. The molecule has 1 aromatic heterocycles. The second-order valence-corrected chi connectivity index (χ2v) is 6.03. The number of H-pyrrole nitrogens is 1. The zero-order chi connectivity index (χ0) is 19.1. The van der Waals surface area contributed by atoms with Gasteiger partial charge in [-0.15, -0.1) is 0 Å². The molecule has 136 valence electrons. The van der Waals surface area contributed by atoms with Crippen LogP contribution in [0.5, 0.6) is 0 Å². The highest BCUT2D eigenvalue weighted by molar-refractivity contribution is 5.80. The molecule has 4 aromatic rings. The molecule has 1 atom stereocenters. The molecule has 0 saturated carbocycles. The Morgan fingerprint density at radius 2 is 1.63 bits per heavy atom. The number of aliphatic hydroxyl groups excluding tert-OH is 1. The van der Waals surface area contributed by atoms with Crippen molar-refractivity contribution < 1.29 is 22.8 Å². The number of nitrogens with one attached hydrogen (secondary N) is 1. The Hall–Kier alpha value is -3.32. The third-order valence-electron chi connectivity index (χ3n) is 4.38. The number of aliphatic hydroxyl groups is 1. The number of rotatable bonds is 3. The highest BCUT2D eigenvalue weighted by Crippen LogP contribution is 2.30. The van der Waals surface area contributed by atoms with E-state index in [-0.39, 0.29) is 11.1 Å². The number of fused-ring (bicyclic) bond motifs is 1. The lowest BCUT2D eigenvalue weighted by Gasteiger charge is -2.12. The molecule has 0 aliphatic carbocycles. The summed E-state index contributed by atoms with van der Waals surface area (Å²) in [6.07, 6.45) is -1.10. The van der Waals surface area contributed by atoms with E-state index in [9.17, 15) is 23.1 Å². The van der Waals surface area contributed by atoms with Crippen LogP contribution in [0.25, 0.3) is 22.1 Å². The summed E-state index contributed by atoms with van der Waals surface area (Å²) in [5.41, 5.74) is 0.923. The highest BCUT2D eigenvalue weighted by atomic mass is 19.2. The minimum absolute atomic E-state index is 0.0892. The predicted octanol–water partition coefficient (Wildman–Crippen LogP) is 4.29. The second kappa shape index (κ2) is 6.44. The molecule has 0 bridgehead atoms. The van der Waals surface area contributed by atoms with Crippen molar-refractivity contribution in [1.82, 2.24) is 5.16 Å². The maximum atomic E-state index is 13.9. The average Bonchev–Trinajstić information content (AvgIpc) is 3.05. The van der Waals surface area contributed by atoms with E-state index in [1.54, 1.807) is 18.2 Å². The van der Waals surface area contributed by atoms with Crippen LogP contribution in [0.15, 0.2) is 63.9 Å². The maximum absolute atomic E-state index is 13.9. The number of hydrogen-bond acceptors (Lipinski definition) is 3. The minimum Gasteiger partial charge on any atom is -0.384 e. The molecule has 4 nitrogen and oxygen atoms in total. The first-order chi connectivity index (χ1) is 13.0. The van der Waals surface area contributed by atoms with Gasteiger partial charge in [0.25, 0.3) is 5.56 Å². The lowest BCUT2D eigenvalue weighted by Crippen LogP contribution is -2.01. The molecule has 2 N–H and O–H groups in total. The Balaban J connectivity index is 1.72. The molecule has 0 aliphatic heterocycles. The second-order valence-electron chi connectivity index (χ2n) is 6.03. The van der Waals surface area contributed by atoms with Gasteiger partial charge in [-0.25, -0.2) is 13.2 Å². The minimum atomic E-state index is -1.26. The van der Waals surface area contributed by atoms with Crippen molar-refractivity contribution >= 4 is 11.0 Å². The molecule has 1 heterocycles. The van der Waals surface area contributed by atoms with E-state index in [0.29, 0.717) is 28.1 Å². The normalized spacial score (nSPS) is 12.4. The largest absolute Gasteiger partial charge is 0.384 e. The monoisotopic (exact) mass is 371 g/mol. The molecule has 3 aromatic carbocycles. The molecular weight excluding hydrogens is 359 g/mol. The Kier molecular flexibility index (Phi) is 4.08. The number of benzene rings is 3. The number of aromatic nitrogens is 1. The van der Waals surface area contributed by atoms with Gasteiger partial charge in [-0.2, -0.15) is 5.16 Å². The van der Waals surface area contributed by atoms with Crippen LogP contribution in [0.1, 0.15) is 17.2 Å². The number of halogens is 3.